The number of carbonyl (C=O) groups excluding carboxylic acids is 1. The van der Waals surface area contributed by atoms with Crippen LogP contribution in [0.1, 0.15) is 68.7 Å². The van der Waals surface area contributed by atoms with Gasteiger partial charge in [0.05, 0.1) is 4.91 Å². The predicted octanol–water partition coefficient (Wildman–Crippen LogP) is 6.08. The molecule has 1 unspecified atom stereocenters. The van der Waals surface area contributed by atoms with Gasteiger partial charge in [0.15, 0.2) is 0 Å². The van der Waals surface area contributed by atoms with E-state index in [4.69, 9.17) is 12.2 Å². The summed E-state index contributed by atoms with van der Waals surface area (Å²) < 4.78 is 2.13. The molecule has 1 aliphatic rings. The van der Waals surface area contributed by atoms with Crippen molar-refractivity contribution in [2.45, 2.75) is 66.5 Å². The Kier molecular flexibility index (Phi) is 9.91. The summed E-state index contributed by atoms with van der Waals surface area (Å²) in [5, 5.41) is 13.1. The van der Waals surface area contributed by atoms with Gasteiger partial charge in [-0.25, -0.2) is 0 Å². The molecule has 1 aliphatic heterocycles. The molecule has 0 radical (unpaired) electrons. The van der Waals surface area contributed by atoms with Crippen molar-refractivity contribution in [2.24, 2.45) is 5.92 Å². The third kappa shape index (κ3) is 6.08. The van der Waals surface area contributed by atoms with Crippen LogP contribution < -0.4 is 10.9 Å². The van der Waals surface area contributed by atoms with Crippen molar-refractivity contribution in [1.82, 2.24) is 9.47 Å². The number of nitrogens with zero attached hydrogens (tertiary/aromatic N) is 3. The fraction of sp³-hybridized carbons (Fsp3) is 0.429. The normalized spacial score (nSPS) is 15.4. The zero-order valence-corrected chi connectivity index (χ0v) is 23.1. The zero-order valence-electron chi connectivity index (χ0n) is 21.5. The minimum atomic E-state index is -0.334. The predicted molar refractivity (Wildman–Crippen MR) is 153 cm³/mol. The lowest BCUT2D eigenvalue weighted by Gasteiger charge is -2.22. The smallest absolute Gasteiger partial charge is 0.270 e. The van der Waals surface area contributed by atoms with E-state index in [2.05, 4.69) is 25.2 Å². The van der Waals surface area contributed by atoms with Crippen LogP contribution in [0.3, 0.4) is 0 Å². The lowest BCUT2D eigenvalue weighted by atomic mass is 9.99. The second-order valence-corrected chi connectivity index (χ2v) is 10.6. The van der Waals surface area contributed by atoms with E-state index in [1.54, 1.807) is 22.5 Å². The standard InChI is InChI=1S/C28H34N4O2S2/c1-5-8-12-20(6-2)18-32-27(34)24(36-28(32)35)15-22-19(4)23(16-29)26(33)31(7-3)25(22)30-17-21-13-10-9-11-14-21/h9-11,13-15,20,30H,5-8,12,17-18H2,1-4H3/b24-15+. The molecule has 1 saturated heterocycles. The number of nitriles is 1. The number of hydrogen-bond donors (Lipinski definition) is 1. The molecule has 0 saturated carbocycles. The van der Waals surface area contributed by atoms with E-state index in [0.29, 0.717) is 51.7 Å². The highest BCUT2D eigenvalue weighted by atomic mass is 32.2. The Morgan fingerprint density at radius 3 is 2.53 bits per heavy atom. The number of thioether (sulfide) groups is 1. The van der Waals surface area contributed by atoms with Crippen molar-refractivity contribution in [3.05, 3.63) is 67.8 Å². The third-order valence-corrected chi connectivity index (χ3v) is 8.00. The van der Waals surface area contributed by atoms with Crippen LogP contribution in [-0.4, -0.2) is 26.2 Å². The third-order valence-electron chi connectivity index (χ3n) is 6.63. The van der Waals surface area contributed by atoms with E-state index >= 15 is 0 Å². The minimum Gasteiger partial charge on any atom is -0.367 e. The molecule has 190 valence electrons. The van der Waals surface area contributed by atoms with Crippen molar-refractivity contribution in [1.29, 1.82) is 5.26 Å². The first-order chi connectivity index (χ1) is 17.4. The molecule has 2 heterocycles. The van der Waals surface area contributed by atoms with Gasteiger partial charge in [0.25, 0.3) is 11.5 Å². The van der Waals surface area contributed by atoms with Gasteiger partial charge in [0.2, 0.25) is 0 Å². The largest absolute Gasteiger partial charge is 0.367 e. The van der Waals surface area contributed by atoms with E-state index < -0.39 is 0 Å². The summed E-state index contributed by atoms with van der Waals surface area (Å²) in [5.74, 6) is 0.896. The van der Waals surface area contributed by atoms with Gasteiger partial charge in [-0.05, 0) is 43.4 Å². The maximum Gasteiger partial charge on any atom is 0.270 e. The van der Waals surface area contributed by atoms with Crippen LogP contribution in [0.15, 0.2) is 40.0 Å². The summed E-state index contributed by atoms with van der Waals surface area (Å²) >= 11 is 6.88. The number of nitrogens with one attached hydrogen (secondary N) is 1. The molecule has 0 spiro atoms. The highest BCUT2D eigenvalue weighted by Crippen LogP contribution is 2.36. The zero-order chi connectivity index (χ0) is 26.2. The number of carbonyl (C=O) groups is 1. The fourth-order valence-electron chi connectivity index (χ4n) is 4.40. The first kappa shape index (κ1) is 27.7. The summed E-state index contributed by atoms with van der Waals surface area (Å²) in [5.41, 5.74) is 2.04. The van der Waals surface area contributed by atoms with Gasteiger partial charge in [-0.15, -0.1) is 0 Å². The molecule has 3 rings (SSSR count). The Balaban J connectivity index is 2.02. The number of hydrogen-bond acceptors (Lipinski definition) is 6. The van der Waals surface area contributed by atoms with Crippen molar-refractivity contribution < 1.29 is 4.79 Å². The molecule has 0 bridgehead atoms. The molecule has 1 atom stereocenters. The molecule has 36 heavy (non-hydrogen) atoms. The monoisotopic (exact) mass is 522 g/mol. The van der Waals surface area contributed by atoms with Crippen LogP contribution in [0.25, 0.3) is 6.08 Å². The maximum atomic E-state index is 13.4. The van der Waals surface area contributed by atoms with Crippen LogP contribution in [0.5, 0.6) is 0 Å². The Labute approximate surface area is 223 Å². The number of aromatic nitrogens is 1. The fourth-order valence-corrected chi connectivity index (χ4v) is 5.66. The van der Waals surface area contributed by atoms with Crippen LogP contribution in [0, 0.1) is 24.2 Å². The molecule has 8 heteroatoms. The van der Waals surface area contributed by atoms with Gasteiger partial charge in [0, 0.05) is 25.2 Å². The van der Waals surface area contributed by atoms with Crippen molar-refractivity contribution in [3.63, 3.8) is 0 Å². The quantitative estimate of drug-likeness (QED) is 0.285. The summed E-state index contributed by atoms with van der Waals surface area (Å²) in [6.45, 7) is 9.47. The number of rotatable bonds is 11. The molecular weight excluding hydrogens is 488 g/mol. The number of amides is 1. The first-order valence-electron chi connectivity index (χ1n) is 12.6. The van der Waals surface area contributed by atoms with Crippen molar-refractivity contribution in [3.8, 4) is 6.07 Å². The SMILES string of the molecule is CCCCC(CC)CN1C(=O)/C(=C\c2c(C)c(C#N)c(=O)n(CC)c2NCc2ccccc2)SC1=S. The lowest BCUT2D eigenvalue weighted by molar-refractivity contribution is -0.122. The molecule has 6 nitrogen and oxygen atoms in total. The molecule has 1 amide bonds. The van der Waals surface area contributed by atoms with Crippen LogP contribution in [-0.2, 0) is 17.9 Å². The number of pyridine rings is 1. The lowest BCUT2D eigenvalue weighted by Crippen LogP contribution is -2.33. The first-order valence-corrected chi connectivity index (χ1v) is 13.8. The van der Waals surface area contributed by atoms with E-state index in [-0.39, 0.29) is 17.0 Å². The highest BCUT2D eigenvalue weighted by molar-refractivity contribution is 8.26. The van der Waals surface area contributed by atoms with E-state index in [1.807, 2.05) is 37.3 Å². The second-order valence-electron chi connectivity index (χ2n) is 8.97. The van der Waals surface area contributed by atoms with Gasteiger partial charge in [-0.1, -0.05) is 87.4 Å². The molecule has 1 N–H and O–H groups in total. The molecule has 2 aromatic rings. The van der Waals surface area contributed by atoms with Crippen LogP contribution in [0.2, 0.25) is 0 Å². The van der Waals surface area contributed by atoms with Gasteiger partial charge >= 0.3 is 0 Å². The Morgan fingerprint density at radius 1 is 1.19 bits per heavy atom. The Hall–Kier alpha value is -2.89. The number of benzene rings is 1. The van der Waals surface area contributed by atoms with Crippen LogP contribution in [0.4, 0.5) is 5.82 Å². The van der Waals surface area contributed by atoms with E-state index in [1.165, 1.54) is 11.8 Å². The van der Waals surface area contributed by atoms with Crippen molar-refractivity contribution in [2.75, 3.05) is 11.9 Å². The second kappa shape index (κ2) is 12.9. The van der Waals surface area contributed by atoms with Gasteiger partial charge < -0.3 is 5.32 Å². The number of anilines is 1. The average Bonchev–Trinajstić information content (AvgIpc) is 3.15. The van der Waals surface area contributed by atoms with Crippen molar-refractivity contribution >= 4 is 46.1 Å². The van der Waals surface area contributed by atoms with E-state index in [9.17, 15) is 14.9 Å². The van der Waals surface area contributed by atoms with Gasteiger partial charge in [-0.3, -0.25) is 19.1 Å². The summed E-state index contributed by atoms with van der Waals surface area (Å²) in [6, 6.07) is 12.0. The maximum absolute atomic E-state index is 13.4. The summed E-state index contributed by atoms with van der Waals surface area (Å²) in [4.78, 5) is 28.7. The van der Waals surface area contributed by atoms with Gasteiger partial charge in [-0.2, -0.15) is 5.26 Å². The Bertz CT molecular complexity index is 1240. The minimum absolute atomic E-state index is 0.0921. The number of thiocarbonyl (C=S) groups is 1. The summed E-state index contributed by atoms with van der Waals surface area (Å²) in [7, 11) is 0. The molecule has 1 aromatic heterocycles. The number of unbranched alkanes of at least 4 members (excludes halogenated alkanes) is 1. The molecule has 1 fully saturated rings. The summed E-state index contributed by atoms with van der Waals surface area (Å²) in [6.07, 6.45) is 6.12. The molecule has 0 aliphatic carbocycles. The topological polar surface area (TPSA) is 78.1 Å². The van der Waals surface area contributed by atoms with Crippen LogP contribution >= 0.6 is 24.0 Å². The average molecular weight is 523 g/mol. The molecular formula is C28H34N4O2S2. The van der Waals surface area contributed by atoms with Gasteiger partial charge in [0.1, 0.15) is 21.8 Å². The van der Waals surface area contributed by atoms with E-state index in [0.717, 1.165) is 31.2 Å². The highest BCUT2D eigenvalue weighted by Gasteiger charge is 2.34. The Morgan fingerprint density at radius 2 is 1.92 bits per heavy atom. The molecule has 1 aromatic carbocycles.